The van der Waals surface area contributed by atoms with Crippen LogP contribution in [-0.4, -0.2) is 47.3 Å². The SMILES string of the molecule is CCC(CC(C)C(=O)N1CCCC1)N1CCCCCC1=O. The van der Waals surface area contributed by atoms with Gasteiger partial charge in [0.15, 0.2) is 0 Å². The summed E-state index contributed by atoms with van der Waals surface area (Å²) >= 11 is 0. The van der Waals surface area contributed by atoms with Crippen LogP contribution >= 0.6 is 0 Å². The van der Waals surface area contributed by atoms with Gasteiger partial charge in [0.25, 0.3) is 0 Å². The number of nitrogens with zero attached hydrogens (tertiary/aromatic N) is 2. The number of carbonyl (C=O) groups excluding carboxylic acids is 2. The average Bonchev–Trinajstić information content (AvgIpc) is 2.94. The smallest absolute Gasteiger partial charge is 0.225 e. The van der Waals surface area contributed by atoms with E-state index in [4.69, 9.17) is 0 Å². The Kier molecular flexibility index (Phi) is 6.07. The molecule has 21 heavy (non-hydrogen) atoms. The molecule has 2 aliphatic heterocycles. The minimum Gasteiger partial charge on any atom is -0.342 e. The van der Waals surface area contributed by atoms with E-state index < -0.39 is 0 Å². The lowest BCUT2D eigenvalue weighted by molar-refractivity contribution is -0.137. The minimum atomic E-state index is 0.0316. The van der Waals surface area contributed by atoms with Crippen molar-refractivity contribution in [2.24, 2.45) is 5.92 Å². The summed E-state index contributed by atoms with van der Waals surface area (Å²) in [7, 11) is 0. The molecule has 2 aliphatic rings. The molecule has 2 heterocycles. The summed E-state index contributed by atoms with van der Waals surface area (Å²) in [6, 6.07) is 0.233. The predicted octanol–water partition coefficient (Wildman–Crippen LogP) is 2.82. The van der Waals surface area contributed by atoms with Crippen molar-refractivity contribution >= 4 is 11.8 Å². The summed E-state index contributed by atoms with van der Waals surface area (Å²) in [6.45, 7) is 6.88. The second kappa shape index (κ2) is 7.81. The number of hydrogen-bond acceptors (Lipinski definition) is 2. The molecular formula is C17H30N2O2. The summed E-state index contributed by atoms with van der Waals surface area (Å²) in [5.41, 5.74) is 0. The van der Waals surface area contributed by atoms with Gasteiger partial charge in [0.1, 0.15) is 0 Å². The molecular weight excluding hydrogens is 264 g/mol. The maximum absolute atomic E-state index is 12.5. The summed E-state index contributed by atoms with van der Waals surface area (Å²) in [5, 5.41) is 0. The Labute approximate surface area is 128 Å². The van der Waals surface area contributed by atoms with Crippen molar-refractivity contribution in [2.75, 3.05) is 19.6 Å². The first-order valence-electron chi connectivity index (χ1n) is 8.71. The Morgan fingerprint density at radius 2 is 1.76 bits per heavy atom. The lowest BCUT2D eigenvalue weighted by Gasteiger charge is -2.32. The molecule has 0 aliphatic carbocycles. The minimum absolute atomic E-state index is 0.0316. The molecule has 0 spiro atoms. The second-order valence-electron chi connectivity index (χ2n) is 6.63. The summed E-state index contributed by atoms with van der Waals surface area (Å²) in [4.78, 5) is 28.8. The van der Waals surface area contributed by atoms with Gasteiger partial charge in [-0.1, -0.05) is 20.3 Å². The molecule has 0 saturated carbocycles. The van der Waals surface area contributed by atoms with E-state index in [0.717, 1.165) is 64.6 Å². The summed E-state index contributed by atoms with van der Waals surface area (Å²) in [5.74, 6) is 0.609. The molecule has 2 atom stereocenters. The van der Waals surface area contributed by atoms with E-state index in [1.165, 1.54) is 0 Å². The van der Waals surface area contributed by atoms with Crippen LogP contribution in [-0.2, 0) is 9.59 Å². The first-order chi connectivity index (χ1) is 10.1. The molecule has 0 aromatic heterocycles. The standard InChI is InChI=1S/C17H30N2O2/c1-3-15(19-12-6-4-5-9-16(19)20)13-14(2)17(21)18-10-7-8-11-18/h14-15H,3-13H2,1-2H3. The van der Waals surface area contributed by atoms with Crippen molar-refractivity contribution < 1.29 is 9.59 Å². The largest absolute Gasteiger partial charge is 0.342 e. The third-order valence-corrected chi connectivity index (χ3v) is 4.99. The molecule has 2 amide bonds. The zero-order valence-corrected chi connectivity index (χ0v) is 13.6. The molecule has 0 aromatic carbocycles. The Bertz CT molecular complexity index is 364. The Balaban J connectivity index is 1.93. The lowest BCUT2D eigenvalue weighted by Crippen LogP contribution is -2.43. The Hall–Kier alpha value is -1.06. The monoisotopic (exact) mass is 294 g/mol. The number of amides is 2. The van der Waals surface area contributed by atoms with E-state index in [9.17, 15) is 9.59 Å². The fraction of sp³-hybridized carbons (Fsp3) is 0.882. The predicted molar refractivity (Wildman–Crippen MR) is 83.9 cm³/mol. The van der Waals surface area contributed by atoms with Crippen LogP contribution in [0.25, 0.3) is 0 Å². The van der Waals surface area contributed by atoms with Gasteiger partial charge in [-0.3, -0.25) is 9.59 Å². The van der Waals surface area contributed by atoms with Crippen molar-refractivity contribution in [3.05, 3.63) is 0 Å². The third kappa shape index (κ3) is 4.21. The van der Waals surface area contributed by atoms with E-state index in [1.807, 2.05) is 11.8 Å². The molecule has 2 fully saturated rings. The van der Waals surface area contributed by atoms with Gasteiger partial charge >= 0.3 is 0 Å². The Morgan fingerprint density at radius 3 is 2.43 bits per heavy atom. The van der Waals surface area contributed by atoms with Crippen LogP contribution in [0.3, 0.4) is 0 Å². The van der Waals surface area contributed by atoms with E-state index in [-0.39, 0.29) is 17.9 Å². The van der Waals surface area contributed by atoms with Crippen LogP contribution in [0.2, 0.25) is 0 Å². The van der Waals surface area contributed by atoms with Gasteiger partial charge in [-0.25, -0.2) is 0 Å². The Morgan fingerprint density at radius 1 is 1.10 bits per heavy atom. The highest BCUT2D eigenvalue weighted by Crippen LogP contribution is 2.22. The maximum Gasteiger partial charge on any atom is 0.225 e. The molecule has 2 unspecified atom stereocenters. The number of likely N-dealkylation sites (tertiary alicyclic amines) is 2. The van der Waals surface area contributed by atoms with E-state index in [1.54, 1.807) is 0 Å². The normalized spacial score (nSPS) is 23.0. The van der Waals surface area contributed by atoms with Crippen LogP contribution in [0, 0.1) is 5.92 Å². The van der Waals surface area contributed by atoms with Gasteiger partial charge in [-0.15, -0.1) is 0 Å². The topological polar surface area (TPSA) is 40.6 Å². The zero-order valence-electron chi connectivity index (χ0n) is 13.6. The van der Waals surface area contributed by atoms with E-state index >= 15 is 0 Å². The number of hydrogen-bond donors (Lipinski definition) is 0. The summed E-state index contributed by atoms with van der Waals surface area (Å²) < 4.78 is 0. The van der Waals surface area contributed by atoms with Crippen molar-refractivity contribution in [3.8, 4) is 0 Å². The molecule has 0 radical (unpaired) electrons. The van der Waals surface area contributed by atoms with Gasteiger partial charge in [0.05, 0.1) is 0 Å². The number of carbonyl (C=O) groups is 2. The van der Waals surface area contributed by atoms with Crippen LogP contribution in [0.1, 0.15) is 65.2 Å². The van der Waals surface area contributed by atoms with E-state index in [0.29, 0.717) is 12.3 Å². The molecule has 120 valence electrons. The maximum atomic E-state index is 12.5. The van der Waals surface area contributed by atoms with Crippen molar-refractivity contribution in [1.29, 1.82) is 0 Å². The van der Waals surface area contributed by atoms with Crippen LogP contribution < -0.4 is 0 Å². The van der Waals surface area contributed by atoms with Crippen LogP contribution in [0.15, 0.2) is 0 Å². The van der Waals surface area contributed by atoms with Gasteiger partial charge in [0, 0.05) is 38.0 Å². The highest BCUT2D eigenvalue weighted by Gasteiger charge is 2.29. The van der Waals surface area contributed by atoms with Gasteiger partial charge in [0.2, 0.25) is 11.8 Å². The lowest BCUT2D eigenvalue weighted by atomic mass is 9.97. The van der Waals surface area contributed by atoms with Gasteiger partial charge in [-0.2, -0.15) is 0 Å². The first-order valence-corrected chi connectivity index (χ1v) is 8.71. The quantitative estimate of drug-likeness (QED) is 0.782. The molecule has 0 aromatic rings. The molecule has 4 heteroatoms. The molecule has 4 nitrogen and oxygen atoms in total. The fourth-order valence-corrected chi connectivity index (χ4v) is 3.66. The number of rotatable bonds is 5. The van der Waals surface area contributed by atoms with Gasteiger partial charge in [-0.05, 0) is 38.5 Å². The highest BCUT2D eigenvalue weighted by atomic mass is 16.2. The summed E-state index contributed by atoms with van der Waals surface area (Å²) in [6.07, 6.45) is 8.01. The zero-order chi connectivity index (χ0) is 15.2. The second-order valence-corrected chi connectivity index (χ2v) is 6.63. The highest BCUT2D eigenvalue weighted by molar-refractivity contribution is 5.79. The molecule has 2 rings (SSSR count). The van der Waals surface area contributed by atoms with Crippen LogP contribution in [0.5, 0.6) is 0 Å². The fourth-order valence-electron chi connectivity index (χ4n) is 3.66. The van der Waals surface area contributed by atoms with Gasteiger partial charge < -0.3 is 9.80 Å². The molecule has 0 bridgehead atoms. The molecule has 0 N–H and O–H groups in total. The first kappa shape index (κ1) is 16.3. The van der Waals surface area contributed by atoms with E-state index in [2.05, 4.69) is 11.8 Å². The van der Waals surface area contributed by atoms with Crippen molar-refractivity contribution in [2.45, 2.75) is 71.3 Å². The average molecular weight is 294 g/mol. The van der Waals surface area contributed by atoms with Crippen molar-refractivity contribution in [1.82, 2.24) is 9.80 Å². The third-order valence-electron chi connectivity index (χ3n) is 4.99. The van der Waals surface area contributed by atoms with Crippen LogP contribution in [0.4, 0.5) is 0 Å². The van der Waals surface area contributed by atoms with Crippen molar-refractivity contribution in [3.63, 3.8) is 0 Å². The molecule has 2 saturated heterocycles.